The third-order valence-corrected chi connectivity index (χ3v) is 6.70. The number of hydrogen-bond acceptors (Lipinski definition) is 3. The second-order valence-corrected chi connectivity index (χ2v) is 9.39. The number of carbonyl (C=O) groups is 3. The van der Waals surface area contributed by atoms with Crippen LogP contribution in [-0.2, 0) is 29.1 Å². The summed E-state index contributed by atoms with van der Waals surface area (Å²) in [7, 11) is 1.57. The molecule has 3 aromatic rings. The maximum absolute atomic E-state index is 14.0. The highest BCUT2D eigenvalue weighted by molar-refractivity contribution is 6.00. The van der Waals surface area contributed by atoms with Gasteiger partial charge in [-0.3, -0.25) is 9.59 Å². The van der Waals surface area contributed by atoms with Crippen LogP contribution in [0.5, 0.6) is 0 Å². The summed E-state index contributed by atoms with van der Waals surface area (Å²) in [6.07, 6.45) is 1.96. The number of rotatable bonds is 8. The van der Waals surface area contributed by atoms with Gasteiger partial charge in [-0.15, -0.1) is 0 Å². The molecule has 1 atom stereocenters. The SMILES string of the molecule is CCCC(=O)N[C@@H]1CCc2cc(F)ccc2N(Cc2ccc(-c3ccccc3CNC(=O)NC)cc2)C1=O. The Labute approximate surface area is 222 Å². The molecule has 0 saturated carbocycles. The molecule has 0 unspecified atom stereocenters. The largest absolute Gasteiger partial charge is 0.344 e. The molecule has 3 aromatic carbocycles. The summed E-state index contributed by atoms with van der Waals surface area (Å²) in [4.78, 5) is 39.2. The van der Waals surface area contributed by atoms with E-state index in [1.54, 1.807) is 18.0 Å². The predicted octanol–water partition coefficient (Wildman–Crippen LogP) is 4.69. The number of carbonyl (C=O) groups excluding carboxylic acids is 3. The first kappa shape index (κ1) is 26.9. The fraction of sp³-hybridized carbons (Fsp3) is 0.300. The lowest BCUT2D eigenvalue weighted by Crippen LogP contribution is -2.47. The second kappa shape index (κ2) is 12.4. The number of urea groups is 1. The van der Waals surface area contributed by atoms with Crippen molar-refractivity contribution in [3.05, 3.63) is 89.2 Å². The summed E-state index contributed by atoms with van der Waals surface area (Å²) >= 11 is 0. The first-order chi connectivity index (χ1) is 18.4. The van der Waals surface area contributed by atoms with E-state index >= 15 is 0 Å². The Morgan fingerprint density at radius 3 is 2.55 bits per heavy atom. The van der Waals surface area contributed by atoms with E-state index in [9.17, 15) is 18.8 Å². The van der Waals surface area contributed by atoms with Crippen molar-refractivity contribution < 1.29 is 18.8 Å². The van der Waals surface area contributed by atoms with E-state index in [1.807, 2.05) is 55.5 Å². The molecule has 0 fully saturated rings. The highest BCUT2D eigenvalue weighted by Crippen LogP contribution is 2.30. The topological polar surface area (TPSA) is 90.5 Å². The highest BCUT2D eigenvalue weighted by Gasteiger charge is 2.31. The molecule has 0 spiro atoms. The molecule has 3 N–H and O–H groups in total. The van der Waals surface area contributed by atoms with E-state index in [1.165, 1.54) is 12.1 Å². The van der Waals surface area contributed by atoms with Gasteiger partial charge < -0.3 is 20.9 Å². The molecular weight excluding hydrogens is 483 g/mol. The van der Waals surface area contributed by atoms with Gasteiger partial charge in [-0.1, -0.05) is 55.5 Å². The molecule has 8 heteroatoms. The summed E-state index contributed by atoms with van der Waals surface area (Å²) in [6, 6.07) is 19.3. The summed E-state index contributed by atoms with van der Waals surface area (Å²) in [5.74, 6) is -0.704. The Morgan fingerprint density at radius 1 is 1.05 bits per heavy atom. The van der Waals surface area contributed by atoms with Gasteiger partial charge in [-0.25, -0.2) is 9.18 Å². The minimum absolute atomic E-state index is 0.156. The molecule has 0 radical (unpaired) electrons. The number of fused-ring (bicyclic) bond motifs is 1. The fourth-order valence-corrected chi connectivity index (χ4v) is 4.73. The maximum atomic E-state index is 14.0. The molecule has 198 valence electrons. The second-order valence-electron chi connectivity index (χ2n) is 9.39. The molecule has 0 saturated heterocycles. The molecule has 0 bridgehead atoms. The quantitative estimate of drug-likeness (QED) is 0.406. The van der Waals surface area contributed by atoms with Gasteiger partial charge in [-0.2, -0.15) is 0 Å². The van der Waals surface area contributed by atoms with Crippen molar-refractivity contribution in [3.8, 4) is 11.1 Å². The molecule has 7 nitrogen and oxygen atoms in total. The number of amides is 4. The maximum Gasteiger partial charge on any atom is 0.314 e. The molecule has 1 aliphatic heterocycles. The number of halogens is 1. The van der Waals surface area contributed by atoms with Gasteiger partial charge in [0.25, 0.3) is 0 Å². The zero-order valence-corrected chi connectivity index (χ0v) is 21.7. The first-order valence-electron chi connectivity index (χ1n) is 12.9. The van der Waals surface area contributed by atoms with E-state index in [0.717, 1.165) is 27.8 Å². The van der Waals surface area contributed by atoms with Gasteiger partial charge in [0.1, 0.15) is 11.9 Å². The van der Waals surface area contributed by atoms with Gasteiger partial charge in [0.15, 0.2) is 0 Å². The van der Waals surface area contributed by atoms with Crippen molar-refractivity contribution in [1.29, 1.82) is 0 Å². The normalized spacial score (nSPS) is 14.9. The van der Waals surface area contributed by atoms with Crippen LogP contribution in [0.15, 0.2) is 66.7 Å². The van der Waals surface area contributed by atoms with Crippen LogP contribution < -0.4 is 20.9 Å². The molecule has 0 aromatic heterocycles. The molecular formula is C30H33FN4O3. The third kappa shape index (κ3) is 6.37. The van der Waals surface area contributed by atoms with Crippen molar-refractivity contribution in [2.24, 2.45) is 0 Å². The Kier molecular flexibility index (Phi) is 8.73. The zero-order valence-electron chi connectivity index (χ0n) is 21.7. The summed E-state index contributed by atoms with van der Waals surface area (Å²) in [6.45, 7) is 2.59. The molecule has 1 aliphatic rings. The predicted molar refractivity (Wildman–Crippen MR) is 146 cm³/mol. The van der Waals surface area contributed by atoms with Crippen molar-refractivity contribution in [2.45, 2.75) is 51.7 Å². The number of nitrogens with zero attached hydrogens (tertiary/aromatic N) is 1. The number of anilines is 1. The van der Waals surface area contributed by atoms with Gasteiger partial charge in [0.05, 0.1) is 6.54 Å². The standard InChI is InChI=1S/C30H33FN4O3/c1-3-6-28(36)34-26-15-13-22-17-24(31)14-16-27(22)35(29(26)37)19-20-9-11-21(12-10-20)25-8-5-4-7-23(25)18-33-30(38)32-2/h4-5,7-12,14,16-17,26H,3,6,13,15,18-19H2,1-2H3,(H,34,36)(H2,32,33,38)/t26-/m1/s1. The van der Waals surface area contributed by atoms with Gasteiger partial charge in [0.2, 0.25) is 11.8 Å². The number of hydrogen-bond donors (Lipinski definition) is 3. The van der Waals surface area contributed by atoms with Gasteiger partial charge in [-0.05, 0) is 65.3 Å². The van der Waals surface area contributed by atoms with Crippen LogP contribution in [0.4, 0.5) is 14.9 Å². The lowest BCUT2D eigenvalue weighted by molar-refractivity contribution is -0.127. The zero-order chi connectivity index (χ0) is 27.1. The highest BCUT2D eigenvalue weighted by atomic mass is 19.1. The summed E-state index contributed by atoms with van der Waals surface area (Å²) < 4.78 is 14.0. The Bertz CT molecular complexity index is 1310. The van der Waals surface area contributed by atoms with Crippen LogP contribution in [0.2, 0.25) is 0 Å². The smallest absolute Gasteiger partial charge is 0.314 e. The van der Waals surface area contributed by atoms with E-state index in [0.29, 0.717) is 37.9 Å². The van der Waals surface area contributed by atoms with Crippen LogP contribution in [0.3, 0.4) is 0 Å². The Morgan fingerprint density at radius 2 is 1.82 bits per heavy atom. The van der Waals surface area contributed by atoms with Crippen LogP contribution in [0, 0.1) is 5.82 Å². The van der Waals surface area contributed by atoms with Crippen molar-refractivity contribution in [2.75, 3.05) is 11.9 Å². The van der Waals surface area contributed by atoms with Crippen LogP contribution in [0.25, 0.3) is 11.1 Å². The van der Waals surface area contributed by atoms with E-state index in [4.69, 9.17) is 0 Å². The van der Waals surface area contributed by atoms with E-state index in [2.05, 4.69) is 16.0 Å². The average Bonchev–Trinajstić information content (AvgIpc) is 3.04. The number of benzene rings is 3. The van der Waals surface area contributed by atoms with E-state index in [-0.39, 0.29) is 30.2 Å². The summed E-state index contributed by atoms with van der Waals surface area (Å²) in [5, 5.41) is 8.25. The minimum atomic E-state index is -0.663. The molecule has 1 heterocycles. The van der Waals surface area contributed by atoms with Gasteiger partial charge >= 0.3 is 6.03 Å². The third-order valence-electron chi connectivity index (χ3n) is 6.70. The number of nitrogens with one attached hydrogen (secondary N) is 3. The molecule has 4 amide bonds. The van der Waals surface area contributed by atoms with Crippen molar-refractivity contribution in [1.82, 2.24) is 16.0 Å². The van der Waals surface area contributed by atoms with Crippen molar-refractivity contribution >= 4 is 23.5 Å². The molecule has 0 aliphatic carbocycles. The monoisotopic (exact) mass is 516 g/mol. The van der Waals surface area contributed by atoms with Crippen LogP contribution >= 0.6 is 0 Å². The fourth-order valence-electron chi connectivity index (χ4n) is 4.73. The van der Waals surface area contributed by atoms with Gasteiger partial charge in [0, 0.05) is 25.7 Å². The van der Waals surface area contributed by atoms with Crippen LogP contribution in [0.1, 0.15) is 42.9 Å². The lowest BCUT2D eigenvalue weighted by Gasteiger charge is -2.26. The minimum Gasteiger partial charge on any atom is -0.344 e. The van der Waals surface area contributed by atoms with E-state index < -0.39 is 6.04 Å². The molecule has 4 rings (SSSR count). The van der Waals surface area contributed by atoms with Crippen LogP contribution in [-0.4, -0.2) is 30.9 Å². The lowest BCUT2D eigenvalue weighted by atomic mass is 9.98. The molecule has 38 heavy (non-hydrogen) atoms. The Balaban J connectivity index is 1.58. The first-order valence-corrected chi connectivity index (χ1v) is 12.9. The summed E-state index contributed by atoms with van der Waals surface area (Å²) in [5.41, 5.74) is 5.28. The average molecular weight is 517 g/mol. The number of aryl methyl sites for hydroxylation is 1. The Hall–Kier alpha value is -4.20. The van der Waals surface area contributed by atoms with Crippen molar-refractivity contribution in [3.63, 3.8) is 0 Å².